The van der Waals surface area contributed by atoms with E-state index in [1.165, 1.54) is 11.5 Å². The van der Waals surface area contributed by atoms with Gasteiger partial charge in [0.1, 0.15) is 16.5 Å². The molecule has 0 aromatic carbocycles. The SMILES string of the molecule is C[C@]1(O)CC[C@H](Nc2nc(Nc3cc(C(=O)N[C@@H]4CCCNC4)ns3)nc3ccsc23)CC1. The van der Waals surface area contributed by atoms with Crippen LogP contribution in [0.1, 0.15) is 55.9 Å². The van der Waals surface area contributed by atoms with Gasteiger partial charge in [0.25, 0.3) is 5.91 Å². The van der Waals surface area contributed by atoms with Crippen LogP contribution < -0.4 is 21.3 Å². The molecule has 0 bridgehead atoms. The standard InChI is InChI=1S/C22H29N7O2S2/c1-22(31)7-4-13(5-8-22)24-19-18-15(6-10-32-18)26-21(28-19)27-17-11-16(29-33-17)20(30)25-14-3-2-9-23-12-14/h6,10-11,13-14,23,31H,2-5,7-9,12H2,1H3,(H,25,30)(H2,24,26,27,28)/t13-,14-,22-/m1/s1. The minimum absolute atomic E-state index is 0.144. The number of aliphatic hydroxyl groups is 1. The third-order valence-corrected chi connectivity index (χ3v) is 7.93. The summed E-state index contributed by atoms with van der Waals surface area (Å²) in [7, 11) is 0. The molecule has 1 aliphatic carbocycles. The summed E-state index contributed by atoms with van der Waals surface area (Å²) in [5.74, 6) is 1.12. The number of piperidine rings is 1. The Hall–Kier alpha value is -2.34. The van der Waals surface area contributed by atoms with Gasteiger partial charge in [-0.05, 0) is 75.0 Å². The maximum Gasteiger partial charge on any atom is 0.271 e. The predicted molar refractivity (Wildman–Crippen MR) is 133 cm³/mol. The highest BCUT2D eigenvalue weighted by molar-refractivity contribution is 7.17. The lowest BCUT2D eigenvalue weighted by Crippen LogP contribution is -2.45. The quantitative estimate of drug-likeness (QED) is 0.358. The molecule has 33 heavy (non-hydrogen) atoms. The van der Waals surface area contributed by atoms with Crippen molar-refractivity contribution in [2.75, 3.05) is 23.7 Å². The Kier molecular flexibility index (Phi) is 6.46. The summed E-state index contributed by atoms with van der Waals surface area (Å²) in [6.45, 7) is 3.71. The van der Waals surface area contributed by atoms with Gasteiger partial charge in [0.15, 0.2) is 0 Å². The summed E-state index contributed by atoms with van der Waals surface area (Å²) in [5, 5.41) is 26.1. The zero-order valence-electron chi connectivity index (χ0n) is 18.6. The van der Waals surface area contributed by atoms with Gasteiger partial charge in [0.2, 0.25) is 5.95 Å². The van der Waals surface area contributed by atoms with Gasteiger partial charge in [0, 0.05) is 24.7 Å². The first kappa shape index (κ1) is 22.5. The molecule has 0 unspecified atom stereocenters. The molecule has 2 fully saturated rings. The number of hydrogen-bond donors (Lipinski definition) is 5. The van der Waals surface area contributed by atoms with Crippen molar-refractivity contribution in [3.8, 4) is 0 Å². The number of aromatic nitrogens is 3. The predicted octanol–water partition coefficient (Wildman–Crippen LogP) is 3.48. The van der Waals surface area contributed by atoms with Crippen LogP contribution in [0.15, 0.2) is 17.5 Å². The van der Waals surface area contributed by atoms with Crippen LogP contribution in [-0.4, -0.2) is 56.1 Å². The van der Waals surface area contributed by atoms with Crippen molar-refractivity contribution in [1.29, 1.82) is 0 Å². The lowest BCUT2D eigenvalue weighted by Gasteiger charge is -2.33. The topological polar surface area (TPSA) is 124 Å². The van der Waals surface area contributed by atoms with Crippen LogP contribution in [0.4, 0.5) is 16.8 Å². The maximum atomic E-state index is 12.6. The van der Waals surface area contributed by atoms with Crippen LogP contribution >= 0.6 is 22.9 Å². The first-order valence-corrected chi connectivity index (χ1v) is 13.1. The van der Waals surface area contributed by atoms with Crippen molar-refractivity contribution in [2.45, 2.75) is 63.1 Å². The average molecular weight is 488 g/mol. The number of fused-ring (bicyclic) bond motifs is 1. The number of amides is 1. The van der Waals surface area contributed by atoms with Crippen molar-refractivity contribution in [2.24, 2.45) is 0 Å². The van der Waals surface area contributed by atoms with Crippen LogP contribution in [-0.2, 0) is 0 Å². The fourth-order valence-corrected chi connectivity index (χ4v) is 5.80. The maximum absolute atomic E-state index is 12.6. The van der Waals surface area contributed by atoms with E-state index in [0.29, 0.717) is 11.6 Å². The average Bonchev–Trinajstić information content (AvgIpc) is 3.46. The van der Waals surface area contributed by atoms with Gasteiger partial charge in [-0.2, -0.15) is 9.36 Å². The number of nitrogens with one attached hydrogen (secondary N) is 4. The van der Waals surface area contributed by atoms with Gasteiger partial charge >= 0.3 is 0 Å². The molecular formula is C22H29N7O2S2. The van der Waals surface area contributed by atoms with E-state index in [9.17, 15) is 9.90 Å². The highest BCUT2D eigenvalue weighted by atomic mass is 32.1. The molecule has 0 spiro atoms. The number of anilines is 3. The highest BCUT2D eigenvalue weighted by Crippen LogP contribution is 2.33. The second-order valence-corrected chi connectivity index (χ2v) is 10.9. The lowest BCUT2D eigenvalue weighted by atomic mass is 9.84. The number of rotatable bonds is 6. The van der Waals surface area contributed by atoms with Crippen molar-refractivity contribution in [3.05, 3.63) is 23.2 Å². The van der Waals surface area contributed by atoms with Crippen LogP contribution in [0, 0.1) is 0 Å². The van der Waals surface area contributed by atoms with Gasteiger partial charge in [-0.1, -0.05) is 0 Å². The highest BCUT2D eigenvalue weighted by Gasteiger charge is 2.29. The first-order chi connectivity index (χ1) is 15.9. The van der Waals surface area contributed by atoms with E-state index in [0.717, 1.165) is 72.7 Å². The molecule has 11 heteroatoms. The molecule has 3 aromatic rings. The zero-order chi connectivity index (χ0) is 22.8. The summed E-state index contributed by atoms with van der Waals surface area (Å²) < 4.78 is 5.33. The van der Waals surface area contributed by atoms with Gasteiger partial charge in [0.05, 0.1) is 15.8 Å². The van der Waals surface area contributed by atoms with Crippen molar-refractivity contribution >= 4 is 55.8 Å². The Morgan fingerprint density at radius 1 is 1.24 bits per heavy atom. The number of thiophene rings is 1. The van der Waals surface area contributed by atoms with E-state index in [1.54, 1.807) is 17.4 Å². The summed E-state index contributed by atoms with van der Waals surface area (Å²) >= 11 is 2.83. The van der Waals surface area contributed by atoms with E-state index >= 15 is 0 Å². The Labute approximate surface area is 200 Å². The van der Waals surface area contributed by atoms with Crippen molar-refractivity contribution < 1.29 is 9.90 Å². The number of hydrogen-bond acceptors (Lipinski definition) is 10. The third kappa shape index (κ3) is 5.43. The monoisotopic (exact) mass is 487 g/mol. The molecule has 1 atom stereocenters. The third-order valence-electron chi connectivity index (χ3n) is 6.32. The molecule has 9 nitrogen and oxygen atoms in total. The molecule has 1 saturated heterocycles. The zero-order valence-corrected chi connectivity index (χ0v) is 20.2. The van der Waals surface area contributed by atoms with E-state index in [2.05, 4.69) is 30.6 Å². The fraction of sp³-hybridized carbons (Fsp3) is 0.545. The van der Waals surface area contributed by atoms with E-state index < -0.39 is 5.60 Å². The summed E-state index contributed by atoms with van der Waals surface area (Å²) in [6.07, 6.45) is 5.39. The van der Waals surface area contributed by atoms with Gasteiger partial charge in [-0.15, -0.1) is 11.3 Å². The number of carbonyl (C=O) groups is 1. The number of nitrogens with zero attached hydrogens (tertiary/aromatic N) is 3. The minimum Gasteiger partial charge on any atom is -0.390 e. The Bertz CT molecular complexity index is 1110. The first-order valence-electron chi connectivity index (χ1n) is 11.4. The van der Waals surface area contributed by atoms with Crippen LogP contribution in [0.5, 0.6) is 0 Å². The minimum atomic E-state index is -0.571. The second kappa shape index (κ2) is 9.49. The molecular weight excluding hydrogens is 458 g/mol. The molecule has 1 saturated carbocycles. The van der Waals surface area contributed by atoms with E-state index in [4.69, 9.17) is 4.98 Å². The summed E-state index contributed by atoms with van der Waals surface area (Å²) in [6, 6.07) is 4.14. The van der Waals surface area contributed by atoms with E-state index in [1.807, 2.05) is 18.4 Å². The van der Waals surface area contributed by atoms with Gasteiger partial charge < -0.3 is 26.4 Å². The molecule has 0 radical (unpaired) electrons. The Balaban J connectivity index is 1.28. The molecule has 3 aromatic heterocycles. The molecule has 176 valence electrons. The van der Waals surface area contributed by atoms with Crippen LogP contribution in [0.3, 0.4) is 0 Å². The van der Waals surface area contributed by atoms with E-state index in [-0.39, 0.29) is 18.0 Å². The molecule has 5 rings (SSSR count). The van der Waals surface area contributed by atoms with Gasteiger partial charge in [-0.3, -0.25) is 4.79 Å². The molecule has 5 N–H and O–H groups in total. The Morgan fingerprint density at radius 2 is 2.09 bits per heavy atom. The van der Waals surface area contributed by atoms with Crippen LogP contribution in [0.2, 0.25) is 0 Å². The molecule has 1 amide bonds. The largest absolute Gasteiger partial charge is 0.390 e. The van der Waals surface area contributed by atoms with Crippen molar-refractivity contribution in [3.63, 3.8) is 0 Å². The lowest BCUT2D eigenvalue weighted by molar-refractivity contribution is 0.0196. The second-order valence-electron chi connectivity index (χ2n) is 9.16. The molecule has 1 aliphatic heterocycles. The molecule has 2 aliphatic rings. The summed E-state index contributed by atoms with van der Waals surface area (Å²) in [5.41, 5.74) is 0.700. The smallest absolute Gasteiger partial charge is 0.271 e. The van der Waals surface area contributed by atoms with Crippen molar-refractivity contribution in [1.82, 2.24) is 25.0 Å². The number of carbonyl (C=O) groups excluding carboxylic acids is 1. The van der Waals surface area contributed by atoms with Gasteiger partial charge in [-0.25, -0.2) is 4.98 Å². The Morgan fingerprint density at radius 3 is 2.88 bits per heavy atom. The summed E-state index contributed by atoms with van der Waals surface area (Å²) in [4.78, 5) is 21.9. The van der Waals surface area contributed by atoms with Crippen LogP contribution in [0.25, 0.3) is 10.2 Å². The fourth-order valence-electron chi connectivity index (χ4n) is 4.38. The molecule has 4 heterocycles. The normalized spacial score (nSPS) is 25.6.